The van der Waals surface area contributed by atoms with Gasteiger partial charge in [0.2, 0.25) is 5.91 Å². The molecule has 0 spiro atoms. The highest BCUT2D eigenvalue weighted by molar-refractivity contribution is 7.99. The highest BCUT2D eigenvalue weighted by Gasteiger charge is 2.17. The van der Waals surface area contributed by atoms with Crippen LogP contribution in [0.25, 0.3) is 10.2 Å². The Bertz CT molecular complexity index is 1140. The van der Waals surface area contributed by atoms with Gasteiger partial charge in [-0.3, -0.25) is 14.2 Å². The fraction of sp³-hybridized carbons (Fsp3) is 0.211. The molecular formula is C19H17ClFN3O2S2. The van der Waals surface area contributed by atoms with Crippen molar-refractivity contribution in [3.63, 3.8) is 0 Å². The van der Waals surface area contributed by atoms with Crippen LogP contribution < -0.4 is 10.9 Å². The van der Waals surface area contributed by atoms with Crippen molar-refractivity contribution in [3.8, 4) is 0 Å². The maximum atomic E-state index is 13.2. The summed E-state index contributed by atoms with van der Waals surface area (Å²) in [5, 5.41) is 3.64. The summed E-state index contributed by atoms with van der Waals surface area (Å²) in [6, 6.07) is 3.96. The second kappa shape index (κ2) is 8.46. The quantitative estimate of drug-likeness (QED) is 0.342. The van der Waals surface area contributed by atoms with E-state index in [4.69, 9.17) is 11.6 Å². The molecule has 0 atom stereocenters. The minimum absolute atomic E-state index is 0.0351. The van der Waals surface area contributed by atoms with Crippen molar-refractivity contribution >= 4 is 56.5 Å². The van der Waals surface area contributed by atoms with Gasteiger partial charge in [-0.2, -0.15) is 0 Å². The Morgan fingerprint density at radius 2 is 2.21 bits per heavy atom. The highest BCUT2D eigenvalue weighted by atomic mass is 35.5. The van der Waals surface area contributed by atoms with Crippen molar-refractivity contribution < 1.29 is 9.18 Å². The molecule has 0 saturated carbocycles. The fourth-order valence-electron chi connectivity index (χ4n) is 2.61. The first-order valence-electron chi connectivity index (χ1n) is 8.31. The van der Waals surface area contributed by atoms with Crippen molar-refractivity contribution in [3.05, 3.63) is 62.5 Å². The molecule has 2 aromatic heterocycles. The monoisotopic (exact) mass is 437 g/mol. The molecule has 0 saturated heterocycles. The number of amides is 1. The van der Waals surface area contributed by atoms with Gasteiger partial charge in [0, 0.05) is 17.1 Å². The molecule has 146 valence electrons. The molecule has 0 aliphatic rings. The van der Waals surface area contributed by atoms with Gasteiger partial charge in [-0.05, 0) is 37.6 Å². The highest BCUT2D eigenvalue weighted by Crippen LogP contribution is 2.28. The van der Waals surface area contributed by atoms with E-state index in [1.54, 1.807) is 6.08 Å². The lowest BCUT2D eigenvalue weighted by Gasteiger charge is -2.10. The summed E-state index contributed by atoms with van der Waals surface area (Å²) in [7, 11) is 0. The summed E-state index contributed by atoms with van der Waals surface area (Å²) in [5.74, 6) is -0.833. The number of hydrogen-bond acceptors (Lipinski definition) is 5. The first-order valence-corrected chi connectivity index (χ1v) is 10.5. The van der Waals surface area contributed by atoms with E-state index in [9.17, 15) is 14.0 Å². The molecule has 0 unspecified atom stereocenters. The molecule has 1 N–H and O–H groups in total. The second-order valence-corrected chi connectivity index (χ2v) is 8.58. The van der Waals surface area contributed by atoms with Crippen molar-refractivity contribution in [1.29, 1.82) is 0 Å². The lowest BCUT2D eigenvalue weighted by molar-refractivity contribution is -0.113. The van der Waals surface area contributed by atoms with E-state index in [0.29, 0.717) is 27.6 Å². The molecule has 3 rings (SSSR count). The van der Waals surface area contributed by atoms with E-state index in [1.807, 2.05) is 13.8 Å². The third-order valence-corrected chi connectivity index (χ3v) is 6.47. The van der Waals surface area contributed by atoms with Crippen LogP contribution in [-0.2, 0) is 11.3 Å². The third-order valence-electron chi connectivity index (χ3n) is 4.10. The van der Waals surface area contributed by atoms with Crippen LogP contribution >= 0.6 is 34.7 Å². The Labute approximate surface area is 174 Å². The minimum atomic E-state index is -0.554. The summed E-state index contributed by atoms with van der Waals surface area (Å²) in [4.78, 5) is 31.4. The number of thioether (sulfide) groups is 1. The van der Waals surface area contributed by atoms with Gasteiger partial charge in [0.15, 0.2) is 5.16 Å². The number of fused-ring (bicyclic) bond motifs is 1. The predicted octanol–water partition coefficient (Wildman–Crippen LogP) is 4.78. The van der Waals surface area contributed by atoms with Crippen molar-refractivity contribution in [1.82, 2.24) is 9.55 Å². The Hall–Kier alpha value is -2.16. The molecule has 9 heteroatoms. The van der Waals surface area contributed by atoms with Crippen molar-refractivity contribution in [2.45, 2.75) is 25.5 Å². The molecule has 3 aromatic rings. The molecule has 2 heterocycles. The third kappa shape index (κ3) is 4.14. The fourth-order valence-corrected chi connectivity index (χ4v) is 4.67. The van der Waals surface area contributed by atoms with Gasteiger partial charge in [0.25, 0.3) is 5.56 Å². The van der Waals surface area contributed by atoms with Crippen LogP contribution in [0.15, 0.2) is 40.8 Å². The SMILES string of the molecule is C=CCn1c(SCC(=O)Nc2ccc(F)c(Cl)c2)nc2sc(C)c(C)c2c1=O. The van der Waals surface area contributed by atoms with Gasteiger partial charge in [-0.25, -0.2) is 9.37 Å². The zero-order valence-corrected chi connectivity index (χ0v) is 17.6. The average molecular weight is 438 g/mol. The summed E-state index contributed by atoms with van der Waals surface area (Å²) >= 11 is 8.34. The number of aromatic nitrogens is 2. The summed E-state index contributed by atoms with van der Waals surface area (Å²) < 4.78 is 14.7. The van der Waals surface area contributed by atoms with E-state index >= 15 is 0 Å². The zero-order chi connectivity index (χ0) is 20.4. The van der Waals surface area contributed by atoms with Crippen LogP contribution in [0.2, 0.25) is 5.02 Å². The first kappa shape index (κ1) is 20.6. The van der Waals surface area contributed by atoms with Crippen LogP contribution in [0.4, 0.5) is 10.1 Å². The van der Waals surface area contributed by atoms with Gasteiger partial charge in [-0.15, -0.1) is 17.9 Å². The normalized spacial score (nSPS) is 11.0. The number of benzene rings is 1. The van der Waals surface area contributed by atoms with Gasteiger partial charge in [0.1, 0.15) is 10.6 Å². The smallest absolute Gasteiger partial charge is 0.263 e. The van der Waals surface area contributed by atoms with E-state index in [0.717, 1.165) is 22.2 Å². The topological polar surface area (TPSA) is 64.0 Å². The molecule has 1 aromatic carbocycles. The number of rotatable bonds is 6. The molecule has 0 fully saturated rings. The van der Waals surface area contributed by atoms with Crippen LogP contribution in [0.3, 0.4) is 0 Å². The Balaban J connectivity index is 1.83. The van der Waals surface area contributed by atoms with Crippen LogP contribution in [-0.4, -0.2) is 21.2 Å². The Kier molecular flexibility index (Phi) is 6.22. The Morgan fingerprint density at radius 1 is 1.46 bits per heavy atom. The maximum Gasteiger partial charge on any atom is 0.263 e. The number of aryl methyl sites for hydroxylation is 2. The molecule has 1 amide bonds. The minimum Gasteiger partial charge on any atom is -0.325 e. The Morgan fingerprint density at radius 3 is 2.89 bits per heavy atom. The van der Waals surface area contributed by atoms with E-state index in [2.05, 4.69) is 16.9 Å². The standard InChI is InChI=1S/C19H17ClFN3O2S2/c1-4-7-24-18(26)16-10(2)11(3)28-17(16)23-19(24)27-9-15(25)22-12-5-6-14(21)13(20)8-12/h4-6,8H,1,7,9H2,2-3H3,(H,22,25). The van der Waals surface area contributed by atoms with Gasteiger partial charge < -0.3 is 5.32 Å². The number of carbonyl (C=O) groups excluding carboxylic acids is 1. The van der Waals surface area contributed by atoms with Gasteiger partial charge in [-0.1, -0.05) is 29.4 Å². The predicted molar refractivity (Wildman–Crippen MR) is 114 cm³/mol. The summed E-state index contributed by atoms with van der Waals surface area (Å²) in [6.45, 7) is 7.85. The van der Waals surface area contributed by atoms with Crippen LogP contribution in [0, 0.1) is 19.7 Å². The number of anilines is 1. The molecule has 0 radical (unpaired) electrons. The van der Waals surface area contributed by atoms with Crippen molar-refractivity contribution in [2.75, 3.05) is 11.1 Å². The molecule has 0 aliphatic heterocycles. The number of carbonyl (C=O) groups is 1. The maximum absolute atomic E-state index is 13.2. The largest absolute Gasteiger partial charge is 0.325 e. The number of nitrogens with zero attached hydrogens (tertiary/aromatic N) is 2. The second-order valence-electron chi connectivity index (χ2n) is 6.03. The lowest BCUT2D eigenvalue weighted by Crippen LogP contribution is -2.23. The summed E-state index contributed by atoms with van der Waals surface area (Å²) in [6.07, 6.45) is 1.62. The van der Waals surface area contributed by atoms with E-state index < -0.39 is 5.82 Å². The summed E-state index contributed by atoms with van der Waals surface area (Å²) in [5.41, 5.74) is 1.19. The van der Waals surface area contributed by atoms with Crippen molar-refractivity contribution in [2.24, 2.45) is 0 Å². The molecule has 0 bridgehead atoms. The van der Waals surface area contributed by atoms with E-state index in [1.165, 1.54) is 34.1 Å². The lowest BCUT2D eigenvalue weighted by atomic mass is 10.2. The van der Waals surface area contributed by atoms with Gasteiger partial charge >= 0.3 is 0 Å². The molecule has 28 heavy (non-hydrogen) atoms. The average Bonchev–Trinajstić information content (AvgIpc) is 2.93. The number of nitrogens with one attached hydrogen (secondary N) is 1. The molecule has 5 nitrogen and oxygen atoms in total. The number of thiophene rings is 1. The van der Waals surface area contributed by atoms with Gasteiger partial charge in [0.05, 0.1) is 16.2 Å². The van der Waals surface area contributed by atoms with E-state index in [-0.39, 0.29) is 22.2 Å². The zero-order valence-electron chi connectivity index (χ0n) is 15.2. The number of hydrogen-bond donors (Lipinski definition) is 1. The first-order chi connectivity index (χ1) is 13.3. The molecular weight excluding hydrogens is 421 g/mol. The number of halogens is 2. The van der Waals surface area contributed by atoms with Crippen LogP contribution in [0.5, 0.6) is 0 Å². The number of allylic oxidation sites excluding steroid dienone is 1. The molecule has 0 aliphatic carbocycles. The van der Waals surface area contributed by atoms with Crippen LogP contribution in [0.1, 0.15) is 10.4 Å².